The van der Waals surface area contributed by atoms with Crippen molar-refractivity contribution in [3.05, 3.63) is 48.2 Å². The van der Waals surface area contributed by atoms with Crippen molar-refractivity contribution in [2.45, 2.75) is 11.3 Å². The van der Waals surface area contributed by atoms with Crippen LogP contribution in [0.3, 0.4) is 0 Å². The van der Waals surface area contributed by atoms with E-state index in [1.807, 2.05) is 6.07 Å². The molecule has 1 heterocycles. The van der Waals surface area contributed by atoms with Crippen LogP contribution in [-0.2, 0) is 14.8 Å². The molecule has 2 aromatic rings. The molecule has 0 spiro atoms. The molecule has 0 radical (unpaired) electrons. The summed E-state index contributed by atoms with van der Waals surface area (Å²) >= 11 is 0. The number of aromatic nitrogens is 1. The summed E-state index contributed by atoms with van der Waals surface area (Å²) in [5, 5.41) is 11.2. The fourth-order valence-electron chi connectivity index (χ4n) is 2.13. The highest BCUT2D eigenvalue weighted by molar-refractivity contribution is 7.89. The van der Waals surface area contributed by atoms with Crippen molar-refractivity contribution in [1.82, 2.24) is 9.71 Å². The summed E-state index contributed by atoms with van der Waals surface area (Å²) in [5.41, 5.74) is 0.654. The van der Waals surface area contributed by atoms with Crippen LogP contribution in [0.5, 0.6) is 5.88 Å². The number of nitrogens with one attached hydrogen (secondary N) is 2. The predicted octanol–water partition coefficient (Wildman–Crippen LogP) is 1.55. The van der Waals surface area contributed by atoms with Crippen molar-refractivity contribution >= 4 is 21.6 Å². The minimum atomic E-state index is -3.73. The van der Waals surface area contributed by atoms with Gasteiger partial charge in [-0.05, 0) is 36.4 Å². The minimum absolute atomic E-state index is 0.00644. The van der Waals surface area contributed by atoms with Crippen LogP contribution in [0.4, 0.5) is 5.69 Å². The number of sulfonamides is 1. The third kappa shape index (κ3) is 6.02. The summed E-state index contributed by atoms with van der Waals surface area (Å²) in [6, 6.07) is 10.6. The molecule has 0 atom stereocenters. The SMILES string of the molecule is COCCOc1ncccc1NC(=O)c1ccc(S(=O)(=O)NCCC#N)cc1. The fourth-order valence-corrected chi connectivity index (χ4v) is 3.16. The number of anilines is 1. The number of nitriles is 1. The van der Waals surface area contributed by atoms with E-state index in [2.05, 4.69) is 15.0 Å². The quantitative estimate of drug-likeness (QED) is 0.575. The van der Waals surface area contributed by atoms with E-state index in [1.54, 1.807) is 19.2 Å². The molecule has 0 saturated carbocycles. The van der Waals surface area contributed by atoms with Gasteiger partial charge in [0.2, 0.25) is 15.9 Å². The van der Waals surface area contributed by atoms with Crippen molar-refractivity contribution in [3.63, 3.8) is 0 Å². The first kappa shape index (κ1) is 21.3. The first-order valence-corrected chi connectivity index (χ1v) is 9.81. The Morgan fingerprint density at radius 1 is 1.21 bits per heavy atom. The number of hydrogen-bond donors (Lipinski definition) is 2. The van der Waals surface area contributed by atoms with E-state index >= 15 is 0 Å². The van der Waals surface area contributed by atoms with Gasteiger partial charge in [0, 0.05) is 31.8 Å². The van der Waals surface area contributed by atoms with Crippen molar-refractivity contribution in [2.24, 2.45) is 0 Å². The van der Waals surface area contributed by atoms with Gasteiger partial charge in [0.05, 0.1) is 17.6 Å². The summed E-state index contributed by atoms with van der Waals surface area (Å²) in [5.74, 6) is -0.181. The highest BCUT2D eigenvalue weighted by Gasteiger charge is 2.15. The zero-order chi connectivity index (χ0) is 20.4. The molecule has 0 saturated heterocycles. The molecule has 1 aromatic heterocycles. The molecule has 0 bridgehead atoms. The normalized spacial score (nSPS) is 10.9. The Hall–Kier alpha value is -3.00. The number of amides is 1. The van der Waals surface area contributed by atoms with Gasteiger partial charge in [-0.15, -0.1) is 0 Å². The second-order valence-corrected chi connectivity index (χ2v) is 7.25. The first-order chi connectivity index (χ1) is 13.5. The monoisotopic (exact) mass is 404 g/mol. The van der Waals surface area contributed by atoms with Crippen LogP contribution < -0.4 is 14.8 Å². The van der Waals surface area contributed by atoms with Crippen LogP contribution in [0.25, 0.3) is 0 Å². The Labute approximate surface area is 163 Å². The molecule has 0 unspecified atom stereocenters. The van der Waals surface area contributed by atoms with Crippen molar-refractivity contribution in [1.29, 1.82) is 5.26 Å². The van der Waals surface area contributed by atoms with E-state index in [4.69, 9.17) is 14.7 Å². The number of ether oxygens (including phenoxy) is 2. The van der Waals surface area contributed by atoms with Gasteiger partial charge < -0.3 is 14.8 Å². The maximum atomic E-state index is 12.4. The van der Waals surface area contributed by atoms with E-state index < -0.39 is 15.9 Å². The van der Waals surface area contributed by atoms with E-state index in [1.165, 1.54) is 30.5 Å². The molecule has 2 rings (SSSR count). The van der Waals surface area contributed by atoms with Crippen LogP contribution in [0, 0.1) is 11.3 Å². The molecule has 0 aliphatic carbocycles. The number of nitrogens with zero attached hydrogens (tertiary/aromatic N) is 2. The number of hydrogen-bond acceptors (Lipinski definition) is 7. The largest absolute Gasteiger partial charge is 0.474 e. The van der Waals surface area contributed by atoms with Gasteiger partial charge in [-0.25, -0.2) is 18.1 Å². The Morgan fingerprint density at radius 3 is 2.64 bits per heavy atom. The molecule has 0 aliphatic heterocycles. The van der Waals surface area contributed by atoms with E-state index in [0.717, 1.165) is 0 Å². The molecule has 0 aliphatic rings. The number of rotatable bonds is 10. The number of carbonyl (C=O) groups excluding carboxylic acids is 1. The van der Waals surface area contributed by atoms with Gasteiger partial charge in [0.1, 0.15) is 12.3 Å². The zero-order valence-electron chi connectivity index (χ0n) is 15.2. The molecule has 1 aromatic carbocycles. The number of methoxy groups -OCH3 is 1. The van der Waals surface area contributed by atoms with Crippen LogP contribution in [0.1, 0.15) is 16.8 Å². The molecule has 2 N–H and O–H groups in total. The lowest BCUT2D eigenvalue weighted by Crippen LogP contribution is -2.24. The average Bonchev–Trinajstić information content (AvgIpc) is 2.69. The molecule has 9 nitrogen and oxygen atoms in total. The second-order valence-electron chi connectivity index (χ2n) is 5.48. The van der Waals surface area contributed by atoms with Gasteiger partial charge in [0.25, 0.3) is 5.91 Å². The smallest absolute Gasteiger partial charge is 0.255 e. The van der Waals surface area contributed by atoms with Crippen molar-refractivity contribution in [3.8, 4) is 11.9 Å². The Kier molecular flexibility index (Phi) is 7.88. The summed E-state index contributed by atoms with van der Waals surface area (Å²) in [6.45, 7) is 0.679. The average molecular weight is 404 g/mol. The summed E-state index contributed by atoms with van der Waals surface area (Å²) < 4.78 is 36.9. The lowest BCUT2D eigenvalue weighted by atomic mass is 10.2. The number of benzene rings is 1. The van der Waals surface area contributed by atoms with Gasteiger partial charge in [0.15, 0.2) is 0 Å². The molecule has 148 valence electrons. The van der Waals surface area contributed by atoms with Crippen LogP contribution >= 0.6 is 0 Å². The lowest BCUT2D eigenvalue weighted by Gasteiger charge is -2.11. The van der Waals surface area contributed by atoms with E-state index in [-0.39, 0.29) is 35.9 Å². The van der Waals surface area contributed by atoms with Gasteiger partial charge in [-0.3, -0.25) is 4.79 Å². The Balaban J connectivity index is 2.07. The topological polar surface area (TPSA) is 130 Å². The van der Waals surface area contributed by atoms with E-state index in [0.29, 0.717) is 12.3 Å². The maximum absolute atomic E-state index is 12.4. The van der Waals surface area contributed by atoms with Gasteiger partial charge in [-0.2, -0.15) is 5.26 Å². The van der Waals surface area contributed by atoms with Gasteiger partial charge in [-0.1, -0.05) is 0 Å². The van der Waals surface area contributed by atoms with Crippen LogP contribution in [0.2, 0.25) is 0 Å². The standard InChI is InChI=1S/C18H20N4O5S/c1-26-12-13-27-18-16(4-2-10-20-18)22-17(23)14-5-7-15(8-6-14)28(24,25)21-11-3-9-19/h2,4-8,10,21H,3,11-13H2,1H3,(H,22,23). The summed E-state index contributed by atoms with van der Waals surface area (Å²) in [4.78, 5) is 16.5. The minimum Gasteiger partial charge on any atom is -0.474 e. The van der Waals surface area contributed by atoms with Crippen molar-refractivity contribution in [2.75, 3.05) is 32.2 Å². The Morgan fingerprint density at radius 2 is 1.96 bits per heavy atom. The second kappa shape index (κ2) is 10.4. The third-order valence-electron chi connectivity index (χ3n) is 3.50. The molecule has 10 heteroatoms. The third-order valence-corrected chi connectivity index (χ3v) is 4.98. The molecule has 1 amide bonds. The van der Waals surface area contributed by atoms with Crippen molar-refractivity contribution < 1.29 is 22.7 Å². The number of pyridine rings is 1. The number of carbonyl (C=O) groups is 1. The zero-order valence-corrected chi connectivity index (χ0v) is 16.0. The predicted molar refractivity (Wildman–Crippen MR) is 101 cm³/mol. The fraction of sp³-hybridized carbons (Fsp3) is 0.278. The van der Waals surface area contributed by atoms with Crippen LogP contribution in [0.15, 0.2) is 47.5 Å². The maximum Gasteiger partial charge on any atom is 0.255 e. The highest BCUT2D eigenvalue weighted by atomic mass is 32.2. The summed E-state index contributed by atoms with van der Waals surface area (Å²) in [7, 11) is -2.18. The van der Waals surface area contributed by atoms with E-state index in [9.17, 15) is 13.2 Å². The van der Waals surface area contributed by atoms with Crippen LogP contribution in [-0.4, -0.2) is 46.2 Å². The molecular weight excluding hydrogens is 384 g/mol. The lowest BCUT2D eigenvalue weighted by molar-refractivity contribution is 0.102. The molecule has 0 fully saturated rings. The summed E-state index contributed by atoms with van der Waals surface area (Å²) in [6.07, 6.45) is 1.61. The highest BCUT2D eigenvalue weighted by Crippen LogP contribution is 2.21. The first-order valence-electron chi connectivity index (χ1n) is 8.32. The van der Waals surface area contributed by atoms with Gasteiger partial charge >= 0.3 is 0 Å². The molecular formula is C18H20N4O5S. The molecule has 28 heavy (non-hydrogen) atoms. The Bertz CT molecular complexity index is 939.